The number of fused-ring (bicyclic) bond motifs is 1. The molecule has 1 atom stereocenters. The third-order valence-corrected chi connectivity index (χ3v) is 6.98. The van der Waals surface area contributed by atoms with Crippen molar-refractivity contribution in [1.82, 2.24) is 4.90 Å². The highest BCUT2D eigenvalue weighted by atomic mass is 35.5. The van der Waals surface area contributed by atoms with E-state index in [1.54, 1.807) is 0 Å². The van der Waals surface area contributed by atoms with Gasteiger partial charge in [-0.25, -0.2) is 0 Å². The van der Waals surface area contributed by atoms with Crippen LogP contribution >= 0.6 is 11.6 Å². The predicted octanol–water partition coefficient (Wildman–Crippen LogP) is 4.82. The Hall–Kier alpha value is -3.09. The Morgan fingerprint density at radius 3 is 2.56 bits per heavy atom. The molecule has 176 valence electrons. The zero-order valence-corrected chi connectivity index (χ0v) is 19.8. The molecular formula is C27H28ClN3O3. The molecule has 1 N–H and O–H groups in total. The van der Waals surface area contributed by atoms with Crippen LogP contribution in [0.3, 0.4) is 0 Å². The van der Waals surface area contributed by atoms with Gasteiger partial charge in [0.25, 0.3) is 5.91 Å². The molecule has 34 heavy (non-hydrogen) atoms. The van der Waals surface area contributed by atoms with E-state index in [9.17, 15) is 9.59 Å². The van der Waals surface area contributed by atoms with Crippen LogP contribution in [-0.4, -0.2) is 56.1 Å². The maximum atomic E-state index is 13.4. The Kier molecular flexibility index (Phi) is 6.70. The van der Waals surface area contributed by atoms with Crippen molar-refractivity contribution < 1.29 is 14.3 Å². The Labute approximate surface area is 204 Å². The van der Waals surface area contributed by atoms with Crippen LogP contribution in [-0.2, 0) is 9.53 Å². The second kappa shape index (κ2) is 10.0. The lowest BCUT2D eigenvalue weighted by Crippen LogP contribution is -2.44. The number of carbonyl (C=O) groups excluding carboxylic acids is 2. The van der Waals surface area contributed by atoms with Gasteiger partial charge >= 0.3 is 0 Å². The lowest BCUT2D eigenvalue weighted by atomic mass is 9.95. The topological polar surface area (TPSA) is 61.9 Å². The molecular weight excluding hydrogens is 450 g/mol. The molecule has 0 aromatic heterocycles. The third-order valence-electron chi connectivity index (χ3n) is 6.67. The van der Waals surface area contributed by atoms with Gasteiger partial charge < -0.3 is 19.9 Å². The standard InChI is InChI=1S/C27H28ClN3O3/c28-23-11-4-12-24(25(23)30-14-16-34-17-15-30)29-26(32)20-8-5-13-31(18-20)27(33)22-10-3-7-19-6-1-2-9-21(19)22/h1-4,6-7,9-12,20H,5,8,13-18H2,(H,29,32). The summed E-state index contributed by atoms with van der Waals surface area (Å²) in [7, 11) is 0. The molecule has 7 heteroatoms. The lowest BCUT2D eigenvalue weighted by molar-refractivity contribution is -0.121. The quantitative estimate of drug-likeness (QED) is 0.585. The van der Waals surface area contributed by atoms with E-state index >= 15 is 0 Å². The fourth-order valence-electron chi connectivity index (χ4n) is 4.92. The predicted molar refractivity (Wildman–Crippen MR) is 136 cm³/mol. The average molecular weight is 478 g/mol. The molecule has 2 saturated heterocycles. The fraction of sp³-hybridized carbons (Fsp3) is 0.333. The van der Waals surface area contributed by atoms with Crippen molar-refractivity contribution in [3.05, 3.63) is 71.2 Å². The van der Waals surface area contributed by atoms with Crippen LogP contribution in [0.5, 0.6) is 0 Å². The van der Waals surface area contributed by atoms with Crippen molar-refractivity contribution in [2.24, 2.45) is 5.92 Å². The number of amides is 2. The minimum atomic E-state index is -0.274. The van der Waals surface area contributed by atoms with E-state index in [1.165, 1.54) is 0 Å². The highest BCUT2D eigenvalue weighted by molar-refractivity contribution is 6.34. The van der Waals surface area contributed by atoms with Crippen molar-refractivity contribution in [2.45, 2.75) is 12.8 Å². The molecule has 0 bridgehead atoms. The lowest BCUT2D eigenvalue weighted by Gasteiger charge is -2.34. The minimum Gasteiger partial charge on any atom is -0.378 e. The van der Waals surface area contributed by atoms with Gasteiger partial charge in [-0.1, -0.05) is 54.1 Å². The number of anilines is 2. The first-order chi connectivity index (χ1) is 16.6. The van der Waals surface area contributed by atoms with Crippen LogP contribution in [0.4, 0.5) is 11.4 Å². The van der Waals surface area contributed by atoms with Gasteiger partial charge in [-0.15, -0.1) is 0 Å². The Morgan fingerprint density at radius 2 is 1.71 bits per heavy atom. The summed E-state index contributed by atoms with van der Waals surface area (Å²) in [5, 5.41) is 5.69. The minimum absolute atomic E-state index is 0.0222. The molecule has 5 rings (SSSR count). The number of halogens is 1. The molecule has 0 radical (unpaired) electrons. The summed E-state index contributed by atoms with van der Waals surface area (Å²) in [4.78, 5) is 30.7. The van der Waals surface area contributed by atoms with Gasteiger partial charge in [0, 0.05) is 31.7 Å². The van der Waals surface area contributed by atoms with Gasteiger partial charge in [0.1, 0.15) is 0 Å². The van der Waals surface area contributed by atoms with Gasteiger partial charge in [-0.3, -0.25) is 9.59 Å². The van der Waals surface area contributed by atoms with Gasteiger partial charge in [-0.05, 0) is 41.8 Å². The van der Waals surface area contributed by atoms with Crippen LogP contribution in [0.15, 0.2) is 60.7 Å². The van der Waals surface area contributed by atoms with Crippen LogP contribution in [0.1, 0.15) is 23.2 Å². The first-order valence-corrected chi connectivity index (χ1v) is 12.2. The van der Waals surface area contributed by atoms with Crippen molar-refractivity contribution in [3.63, 3.8) is 0 Å². The SMILES string of the molecule is O=C(Nc1cccc(Cl)c1N1CCOCC1)C1CCCN(C(=O)c2cccc3ccccc23)C1. The molecule has 0 saturated carbocycles. The normalized spacial score (nSPS) is 18.7. The highest BCUT2D eigenvalue weighted by Gasteiger charge is 2.30. The second-order valence-electron chi connectivity index (χ2n) is 8.84. The number of para-hydroxylation sites is 1. The van der Waals surface area contributed by atoms with E-state index < -0.39 is 0 Å². The molecule has 3 aromatic rings. The summed E-state index contributed by atoms with van der Waals surface area (Å²) in [5.41, 5.74) is 2.22. The largest absolute Gasteiger partial charge is 0.378 e. The Morgan fingerprint density at radius 1 is 0.941 bits per heavy atom. The number of benzene rings is 3. The summed E-state index contributed by atoms with van der Waals surface area (Å²) < 4.78 is 5.47. The average Bonchev–Trinajstić information content (AvgIpc) is 2.88. The van der Waals surface area contributed by atoms with E-state index in [-0.39, 0.29) is 17.7 Å². The van der Waals surface area contributed by atoms with Crippen molar-refractivity contribution >= 4 is 45.6 Å². The zero-order valence-electron chi connectivity index (χ0n) is 19.0. The van der Waals surface area contributed by atoms with Crippen molar-refractivity contribution in [3.8, 4) is 0 Å². The molecule has 2 heterocycles. The summed E-state index contributed by atoms with van der Waals surface area (Å²) in [5.74, 6) is -0.373. The van der Waals surface area contributed by atoms with Gasteiger partial charge in [0.05, 0.1) is 35.5 Å². The van der Waals surface area contributed by atoms with Crippen LogP contribution in [0.2, 0.25) is 5.02 Å². The number of nitrogens with one attached hydrogen (secondary N) is 1. The number of nitrogens with zero attached hydrogens (tertiary/aromatic N) is 2. The number of hydrogen-bond acceptors (Lipinski definition) is 4. The van der Waals surface area contributed by atoms with Crippen LogP contribution in [0, 0.1) is 5.92 Å². The fourth-order valence-corrected chi connectivity index (χ4v) is 5.21. The third kappa shape index (κ3) is 4.61. The summed E-state index contributed by atoms with van der Waals surface area (Å²) in [6.07, 6.45) is 1.54. The monoisotopic (exact) mass is 477 g/mol. The van der Waals surface area contributed by atoms with E-state index in [2.05, 4.69) is 10.2 Å². The number of hydrogen-bond donors (Lipinski definition) is 1. The molecule has 0 aliphatic carbocycles. The van der Waals surface area contributed by atoms with Crippen LogP contribution in [0.25, 0.3) is 10.8 Å². The zero-order chi connectivity index (χ0) is 23.5. The molecule has 0 spiro atoms. The number of morpholine rings is 1. The van der Waals surface area contributed by atoms with E-state index in [1.807, 2.05) is 65.6 Å². The number of ether oxygens (including phenoxy) is 1. The number of likely N-dealkylation sites (tertiary alicyclic amines) is 1. The first-order valence-electron chi connectivity index (χ1n) is 11.8. The molecule has 2 fully saturated rings. The number of rotatable bonds is 4. The van der Waals surface area contributed by atoms with Gasteiger partial charge in [-0.2, -0.15) is 0 Å². The van der Waals surface area contributed by atoms with Gasteiger partial charge in [0.2, 0.25) is 5.91 Å². The maximum absolute atomic E-state index is 13.4. The van der Waals surface area contributed by atoms with Crippen molar-refractivity contribution in [1.29, 1.82) is 0 Å². The second-order valence-corrected chi connectivity index (χ2v) is 9.25. The van der Waals surface area contributed by atoms with E-state index in [0.717, 1.165) is 42.4 Å². The summed E-state index contributed by atoms with van der Waals surface area (Å²) in [6, 6.07) is 19.3. The number of piperidine rings is 1. The summed E-state index contributed by atoms with van der Waals surface area (Å²) in [6.45, 7) is 3.77. The van der Waals surface area contributed by atoms with Gasteiger partial charge in [0.15, 0.2) is 0 Å². The molecule has 3 aromatic carbocycles. The Bertz CT molecular complexity index is 1200. The molecule has 1 unspecified atom stereocenters. The molecule has 6 nitrogen and oxygen atoms in total. The highest BCUT2D eigenvalue weighted by Crippen LogP contribution is 2.35. The number of carbonyl (C=O) groups is 2. The molecule has 2 aliphatic rings. The first kappa shape index (κ1) is 22.7. The molecule has 2 amide bonds. The van der Waals surface area contributed by atoms with E-state index in [4.69, 9.17) is 16.3 Å². The van der Waals surface area contributed by atoms with E-state index in [0.29, 0.717) is 42.6 Å². The maximum Gasteiger partial charge on any atom is 0.254 e. The van der Waals surface area contributed by atoms with Crippen molar-refractivity contribution in [2.75, 3.05) is 49.6 Å². The Balaban J connectivity index is 1.32. The molecule has 2 aliphatic heterocycles. The van der Waals surface area contributed by atoms with Crippen LogP contribution < -0.4 is 10.2 Å². The summed E-state index contributed by atoms with van der Waals surface area (Å²) >= 11 is 6.53. The smallest absolute Gasteiger partial charge is 0.254 e.